The van der Waals surface area contributed by atoms with Gasteiger partial charge in [0.25, 0.3) is 0 Å². The maximum absolute atomic E-state index is 12.1. The first-order valence-electron chi connectivity index (χ1n) is 8.61. The van der Waals surface area contributed by atoms with E-state index in [0.717, 1.165) is 27.8 Å². The molecule has 2 aromatic carbocycles. The number of nitrogens with zero attached hydrogens (tertiary/aromatic N) is 2. The minimum atomic E-state index is -0.0125. The summed E-state index contributed by atoms with van der Waals surface area (Å²) in [5.41, 5.74) is 2.17. The van der Waals surface area contributed by atoms with Crippen LogP contribution in [0.3, 0.4) is 0 Å². The Kier molecular flexibility index (Phi) is 5.29. The Bertz CT molecular complexity index is 927. The number of ether oxygens (including phenoxy) is 2. The molecule has 1 aliphatic rings. The average molecular weight is 381 g/mol. The number of nitrogens with one attached hydrogen (secondary N) is 1. The van der Waals surface area contributed by atoms with Crippen LogP contribution in [0.5, 0.6) is 11.5 Å². The van der Waals surface area contributed by atoms with Gasteiger partial charge in [-0.3, -0.25) is 4.79 Å². The molecule has 138 valence electrons. The Morgan fingerprint density at radius 3 is 2.85 bits per heavy atom. The molecule has 0 atom stereocenters. The van der Waals surface area contributed by atoms with E-state index in [0.29, 0.717) is 18.8 Å². The number of fused-ring (bicyclic) bond motifs is 1. The maximum atomic E-state index is 12.1. The van der Waals surface area contributed by atoms with Crippen molar-refractivity contribution < 1.29 is 14.3 Å². The number of hydrogen-bond acceptors (Lipinski definition) is 5. The van der Waals surface area contributed by atoms with Gasteiger partial charge >= 0.3 is 0 Å². The van der Waals surface area contributed by atoms with Crippen LogP contribution in [0.4, 0.5) is 0 Å². The first kappa shape index (κ1) is 17.5. The van der Waals surface area contributed by atoms with E-state index in [1.54, 1.807) is 6.20 Å². The lowest BCUT2D eigenvalue weighted by Gasteiger charge is -2.09. The lowest BCUT2D eigenvalue weighted by molar-refractivity contribution is -0.118. The van der Waals surface area contributed by atoms with Gasteiger partial charge in [-0.15, -0.1) is 0 Å². The summed E-state index contributed by atoms with van der Waals surface area (Å²) in [6, 6.07) is 15.8. The van der Waals surface area contributed by atoms with Crippen molar-refractivity contribution in [2.24, 2.45) is 0 Å². The van der Waals surface area contributed by atoms with Crippen molar-refractivity contribution in [1.82, 2.24) is 14.9 Å². The topological polar surface area (TPSA) is 65.4 Å². The number of amides is 1. The van der Waals surface area contributed by atoms with Crippen LogP contribution >= 0.6 is 11.8 Å². The number of imidazole rings is 1. The zero-order valence-corrected chi connectivity index (χ0v) is 15.4. The summed E-state index contributed by atoms with van der Waals surface area (Å²) in [5.74, 6) is 1.85. The summed E-state index contributed by atoms with van der Waals surface area (Å²) in [6.07, 6.45) is 3.66. The zero-order valence-electron chi connectivity index (χ0n) is 14.6. The van der Waals surface area contributed by atoms with E-state index in [1.807, 2.05) is 59.3 Å². The first-order valence-corrected chi connectivity index (χ1v) is 9.59. The van der Waals surface area contributed by atoms with E-state index < -0.39 is 0 Å². The fraction of sp³-hybridized carbons (Fsp3) is 0.200. The summed E-state index contributed by atoms with van der Waals surface area (Å²) >= 11 is 1.43. The molecule has 1 amide bonds. The molecule has 6 nitrogen and oxygen atoms in total. The van der Waals surface area contributed by atoms with Crippen LogP contribution in [0.15, 0.2) is 66.1 Å². The molecule has 0 saturated carbocycles. The lowest BCUT2D eigenvalue weighted by atomic mass is 10.2. The van der Waals surface area contributed by atoms with Gasteiger partial charge in [0.1, 0.15) is 0 Å². The smallest absolute Gasteiger partial charge is 0.231 e. The van der Waals surface area contributed by atoms with Crippen LogP contribution < -0.4 is 14.8 Å². The SMILES string of the molecule is O=C(CSc1nccn1Cc1ccc2c(c1)OCO2)NCc1ccccc1. The minimum Gasteiger partial charge on any atom is -0.454 e. The van der Waals surface area contributed by atoms with E-state index in [9.17, 15) is 4.79 Å². The maximum Gasteiger partial charge on any atom is 0.231 e. The van der Waals surface area contributed by atoms with Gasteiger partial charge in [-0.1, -0.05) is 48.2 Å². The number of rotatable bonds is 7. The fourth-order valence-corrected chi connectivity index (χ4v) is 3.56. The highest BCUT2D eigenvalue weighted by Crippen LogP contribution is 2.33. The minimum absolute atomic E-state index is 0.0125. The molecule has 0 bridgehead atoms. The lowest BCUT2D eigenvalue weighted by Crippen LogP contribution is -2.24. The molecule has 0 saturated heterocycles. The third-order valence-corrected chi connectivity index (χ3v) is 5.14. The molecule has 0 fully saturated rings. The second kappa shape index (κ2) is 8.18. The molecule has 0 radical (unpaired) electrons. The van der Waals surface area contributed by atoms with E-state index >= 15 is 0 Å². The van der Waals surface area contributed by atoms with Gasteiger partial charge in [0.15, 0.2) is 16.7 Å². The number of aromatic nitrogens is 2. The van der Waals surface area contributed by atoms with Crippen LogP contribution in [0.25, 0.3) is 0 Å². The van der Waals surface area contributed by atoms with Gasteiger partial charge in [0, 0.05) is 25.5 Å². The molecule has 1 N–H and O–H groups in total. The van der Waals surface area contributed by atoms with Crippen LogP contribution in [0.1, 0.15) is 11.1 Å². The van der Waals surface area contributed by atoms with Crippen molar-refractivity contribution in [3.63, 3.8) is 0 Å². The summed E-state index contributed by atoms with van der Waals surface area (Å²) in [5, 5.41) is 3.74. The summed E-state index contributed by atoms with van der Waals surface area (Å²) in [6.45, 7) is 1.46. The standard InChI is InChI=1S/C20H19N3O3S/c24-19(22-11-15-4-2-1-3-5-15)13-27-20-21-8-9-23(20)12-16-6-7-17-18(10-16)26-14-25-17/h1-10H,11-14H2,(H,22,24). The van der Waals surface area contributed by atoms with E-state index in [-0.39, 0.29) is 12.7 Å². The molecule has 0 spiro atoms. The number of thioether (sulfide) groups is 1. The predicted octanol–water partition coefficient (Wildman–Crippen LogP) is 3.07. The molecule has 4 rings (SSSR count). The van der Waals surface area contributed by atoms with Gasteiger partial charge < -0.3 is 19.4 Å². The van der Waals surface area contributed by atoms with Crippen LogP contribution in [0, 0.1) is 0 Å². The molecular formula is C20H19N3O3S. The van der Waals surface area contributed by atoms with Crippen molar-refractivity contribution in [2.45, 2.75) is 18.2 Å². The molecule has 7 heteroatoms. The molecule has 1 aliphatic heterocycles. The second-order valence-corrected chi connectivity index (χ2v) is 7.02. The van der Waals surface area contributed by atoms with Crippen molar-refractivity contribution in [3.8, 4) is 11.5 Å². The fourth-order valence-electron chi connectivity index (χ4n) is 2.77. The van der Waals surface area contributed by atoms with Crippen molar-refractivity contribution in [2.75, 3.05) is 12.5 Å². The third kappa shape index (κ3) is 4.43. The summed E-state index contributed by atoms with van der Waals surface area (Å²) in [4.78, 5) is 16.5. The predicted molar refractivity (Wildman–Crippen MR) is 103 cm³/mol. The summed E-state index contributed by atoms with van der Waals surface area (Å²) < 4.78 is 12.8. The van der Waals surface area contributed by atoms with Crippen molar-refractivity contribution in [1.29, 1.82) is 0 Å². The Balaban J connectivity index is 1.31. The highest BCUT2D eigenvalue weighted by atomic mass is 32.2. The molecule has 3 aromatic rings. The van der Waals surface area contributed by atoms with Crippen molar-refractivity contribution >= 4 is 17.7 Å². The van der Waals surface area contributed by atoms with Gasteiger partial charge in [-0.05, 0) is 23.3 Å². The highest BCUT2D eigenvalue weighted by Gasteiger charge is 2.14. The largest absolute Gasteiger partial charge is 0.454 e. The third-order valence-electron chi connectivity index (χ3n) is 4.13. The molecule has 0 unspecified atom stereocenters. The van der Waals surface area contributed by atoms with Crippen LogP contribution in [-0.4, -0.2) is 28.0 Å². The van der Waals surface area contributed by atoms with Crippen LogP contribution in [-0.2, 0) is 17.9 Å². The monoisotopic (exact) mass is 381 g/mol. The Morgan fingerprint density at radius 2 is 1.96 bits per heavy atom. The van der Waals surface area contributed by atoms with Gasteiger partial charge in [0.05, 0.1) is 5.75 Å². The van der Waals surface area contributed by atoms with Gasteiger partial charge in [-0.2, -0.15) is 0 Å². The molecule has 0 aliphatic carbocycles. The number of hydrogen-bond donors (Lipinski definition) is 1. The average Bonchev–Trinajstić information content (AvgIpc) is 3.34. The molecule has 27 heavy (non-hydrogen) atoms. The normalized spacial score (nSPS) is 12.1. The number of carbonyl (C=O) groups is 1. The van der Waals surface area contributed by atoms with Crippen molar-refractivity contribution in [3.05, 3.63) is 72.1 Å². The first-order chi connectivity index (χ1) is 13.3. The number of benzene rings is 2. The molecular weight excluding hydrogens is 362 g/mol. The Morgan fingerprint density at radius 1 is 1.11 bits per heavy atom. The Hall–Kier alpha value is -2.93. The summed E-state index contributed by atoms with van der Waals surface area (Å²) in [7, 11) is 0. The van der Waals surface area contributed by atoms with E-state index in [4.69, 9.17) is 9.47 Å². The van der Waals surface area contributed by atoms with Crippen LogP contribution in [0.2, 0.25) is 0 Å². The van der Waals surface area contributed by atoms with E-state index in [1.165, 1.54) is 11.8 Å². The van der Waals surface area contributed by atoms with E-state index in [2.05, 4.69) is 10.3 Å². The zero-order chi connectivity index (χ0) is 18.5. The van der Waals surface area contributed by atoms with Gasteiger partial charge in [-0.25, -0.2) is 4.98 Å². The Labute approximate surface area is 161 Å². The second-order valence-electron chi connectivity index (χ2n) is 6.08. The quantitative estimate of drug-likeness (QED) is 0.637. The van der Waals surface area contributed by atoms with Gasteiger partial charge in [0.2, 0.25) is 12.7 Å². The molecule has 1 aromatic heterocycles. The number of carbonyl (C=O) groups excluding carboxylic acids is 1. The molecule has 2 heterocycles. The highest BCUT2D eigenvalue weighted by molar-refractivity contribution is 7.99.